The molecule has 1 saturated carbocycles. The largest absolute Gasteiger partial charge is 0.327 e. The van der Waals surface area contributed by atoms with Crippen LogP contribution in [-0.4, -0.2) is 42.6 Å². The van der Waals surface area contributed by atoms with Gasteiger partial charge in [0.1, 0.15) is 0 Å². The van der Waals surface area contributed by atoms with Crippen LogP contribution in [0.25, 0.3) is 0 Å². The maximum absolute atomic E-state index is 6.23. The SMILES string of the molecule is CSCCCCN1CC2CCCC(N)C2C1. The second-order valence-corrected chi connectivity index (χ2v) is 6.46. The molecule has 2 nitrogen and oxygen atoms in total. The molecule has 1 aliphatic heterocycles. The number of fused-ring (bicyclic) bond motifs is 1. The molecule has 0 aromatic heterocycles. The zero-order valence-electron chi connectivity index (χ0n) is 10.5. The molecule has 1 heterocycles. The van der Waals surface area contributed by atoms with Gasteiger partial charge in [-0.1, -0.05) is 6.42 Å². The normalized spacial score (nSPS) is 35.2. The van der Waals surface area contributed by atoms with E-state index in [0.29, 0.717) is 6.04 Å². The molecule has 3 unspecified atom stereocenters. The molecule has 16 heavy (non-hydrogen) atoms. The van der Waals surface area contributed by atoms with Crippen molar-refractivity contribution in [1.29, 1.82) is 0 Å². The van der Waals surface area contributed by atoms with Gasteiger partial charge in [-0.25, -0.2) is 0 Å². The third-order valence-electron chi connectivity index (χ3n) is 4.30. The monoisotopic (exact) mass is 242 g/mol. The highest BCUT2D eigenvalue weighted by Crippen LogP contribution is 2.35. The van der Waals surface area contributed by atoms with Gasteiger partial charge in [-0.15, -0.1) is 0 Å². The summed E-state index contributed by atoms with van der Waals surface area (Å²) in [6, 6.07) is 0.495. The number of hydrogen-bond donors (Lipinski definition) is 1. The van der Waals surface area contributed by atoms with Crippen LogP contribution in [0.3, 0.4) is 0 Å². The molecule has 3 heteroatoms. The first kappa shape index (κ1) is 12.7. The zero-order valence-corrected chi connectivity index (χ0v) is 11.3. The number of nitrogens with zero attached hydrogens (tertiary/aromatic N) is 1. The first-order valence-electron chi connectivity index (χ1n) is 6.78. The molecule has 0 radical (unpaired) electrons. The van der Waals surface area contributed by atoms with Crippen molar-refractivity contribution in [3.63, 3.8) is 0 Å². The molecule has 2 N–H and O–H groups in total. The van der Waals surface area contributed by atoms with E-state index >= 15 is 0 Å². The Labute approximate surface area is 104 Å². The lowest BCUT2D eigenvalue weighted by molar-refractivity contribution is 0.259. The molecule has 2 rings (SSSR count). The second-order valence-electron chi connectivity index (χ2n) is 5.48. The van der Waals surface area contributed by atoms with Crippen molar-refractivity contribution < 1.29 is 0 Å². The quantitative estimate of drug-likeness (QED) is 0.749. The summed E-state index contributed by atoms with van der Waals surface area (Å²) in [5.41, 5.74) is 6.23. The van der Waals surface area contributed by atoms with Gasteiger partial charge in [0, 0.05) is 19.1 Å². The average molecular weight is 242 g/mol. The summed E-state index contributed by atoms with van der Waals surface area (Å²) in [7, 11) is 0. The molecule has 0 aromatic rings. The minimum Gasteiger partial charge on any atom is -0.327 e. The summed E-state index contributed by atoms with van der Waals surface area (Å²) in [5, 5.41) is 0. The Morgan fingerprint density at radius 2 is 2.12 bits per heavy atom. The fourth-order valence-corrected chi connectivity index (χ4v) is 3.87. The summed E-state index contributed by atoms with van der Waals surface area (Å²) in [6.07, 6.45) is 9.00. The Hall–Kier alpha value is 0.270. The van der Waals surface area contributed by atoms with Gasteiger partial charge in [0.25, 0.3) is 0 Å². The van der Waals surface area contributed by atoms with E-state index in [9.17, 15) is 0 Å². The van der Waals surface area contributed by atoms with Gasteiger partial charge < -0.3 is 10.6 Å². The molecular formula is C13H26N2S. The zero-order chi connectivity index (χ0) is 11.4. The van der Waals surface area contributed by atoms with Crippen LogP contribution in [-0.2, 0) is 0 Å². The lowest BCUT2D eigenvalue weighted by Gasteiger charge is -2.29. The predicted octanol–water partition coefficient (Wildman–Crippen LogP) is 2.19. The van der Waals surface area contributed by atoms with Gasteiger partial charge in [0.05, 0.1) is 0 Å². The Morgan fingerprint density at radius 3 is 2.88 bits per heavy atom. The van der Waals surface area contributed by atoms with E-state index in [1.165, 1.54) is 57.5 Å². The van der Waals surface area contributed by atoms with Crippen LogP contribution < -0.4 is 5.73 Å². The molecule has 3 atom stereocenters. The van der Waals surface area contributed by atoms with Gasteiger partial charge in [-0.05, 0) is 56.1 Å². The summed E-state index contributed by atoms with van der Waals surface area (Å²) in [5.74, 6) is 3.05. The fraction of sp³-hybridized carbons (Fsp3) is 1.00. The third kappa shape index (κ3) is 3.14. The smallest absolute Gasteiger partial charge is 0.00825 e. The Kier molecular flexibility index (Phi) is 4.98. The van der Waals surface area contributed by atoms with E-state index in [-0.39, 0.29) is 0 Å². The topological polar surface area (TPSA) is 29.3 Å². The molecule has 0 aromatic carbocycles. The van der Waals surface area contributed by atoms with Crippen molar-refractivity contribution in [3.05, 3.63) is 0 Å². The highest BCUT2D eigenvalue weighted by atomic mass is 32.2. The lowest BCUT2D eigenvalue weighted by atomic mass is 9.78. The Balaban J connectivity index is 1.70. The second kappa shape index (κ2) is 6.27. The summed E-state index contributed by atoms with van der Waals surface area (Å²) in [6.45, 7) is 3.92. The van der Waals surface area contributed by atoms with Gasteiger partial charge in [-0.3, -0.25) is 0 Å². The van der Waals surface area contributed by atoms with Gasteiger partial charge in [-0.2, -0.15) is 11.8 Å². The fourth-order valence-electron chi connectivity index (χ4n) is 3.37. The molecule has 0 bridgehead atoms. The molecule has 2 fully saturated rings. The van der Waals surface area contributed by atoms with Crippen LogP contribution in [0.5, 0.6) is 0 Å². The van der Waals surface area contributed by atoms with Crippen molar-refractivity contribution in [2.75, 3.05) is 31.6 Å². The molecule has 94 valence electrons. The molecule has 2 aliphatic rings. The maximum atomic E-state index is 6.23. The summed E-state index contributed by atoms with van der Waals surface area (Å²) in [4.78, 5) is 2.67. The Morgan fingerprint density at radius 1 is 1.25 bits per heavy atom. The number of nitrogens with two attached hydrogens (primary N) is 1. The minimum atomic E-state index is 0.495. The van der Waals surface area contributed by atoms with Gasteiger partial charge in [0.2, 0.25) is 0 Å². The van der Waals surface area contributed by atoms with Crippen LogP contribution in [0.2, 0.25) is 0 Å². The van der Waals surface area contributed by atoms with Crippen molar-refractivity contribution in [2.24, 2.45) is 17.6 Å². The van der Waals surface area contributed by atoms with Crippen LogP contribution in [0.1, 0.15) is 32.1 Å². The van der Waals surface area contributed by atoms with Crippen LogP contribution in [0.15, 0.2) is 0 Å². The van der Waals surface area contributed by atoms with E-state index in [2.05, 4.69) is 11.2 Å². The summed E-state index contributed by atoms with van der Waals surface area (Å²) < 4.78 is 0. The van der Waals surface area contributed by atoms with E-state index in [1.807, 2.05) is 11.8 Å². The first-order valence-corrected chi connectivity index (χ1v) is 8.17. The van der Waals surface area contributed by atoms with E-state index in [0.717, 1.165) is 11.8 Å². The van der Waals surface area contributed by atoms with E-state index in [4.69, 9.17) is 5.73 Å². The molecule has 0 spiro atoms. The summed E-state index contributed by atoms with van der Waals surface area (Å²) >= 11 is 1.97. The maximum Gasteiger partial charge on any atom is 0.00825 e. The van der Waals surface area contributed by atoms with Crippen molar-refractivity contribution in [2.45, 2.75) is 38.1 Å². The number of likely N-dealkylation sites (tertiary alicyclic amines) is 1. The molecule has 0 amide bonds. The van der Waals surface area contributed by atoms with E-state index < -0.39 is 0 Å². The lowest BCUT2D eigenvalue weighted by Crippen LogP contribution is -2.38. The Bertz CT molecular complexity index is 210. The van der Waals surface area contributed by atoms with Crippen LogP contribution in [0.4, 0.5) is 0 Å². The average Bonchev–Trinajstić information content (AvgIpc) is 2.69. The molecule has 1 aliphatic carbocycles. The van der Waals surface area contributed by atoms with Crippen molar-refractivity contribution in [3.8, 4) is 0 Å². The number of rotatable bonds is 5. The minimum absolute atomic E-state index is 0.495. The number of hydrogen-bond acceptors (Lipinski definition) is 3. The third-order valence-corrected chi connectivity index (χ3v) is 5.00. The van der Waals surface area contributed by atoms with Crippen LogP contribution >= 0.6 is 11.8 Å². The van der Waals surface area contributed by atoms with Gasteiger partial charge >= 0.3 is 0 Å². The van der Waals surface area contributed by atoms with E-state index in [1.54, 1.807) is 0 Å². The first-order chi connectivity index (χ1) is 7.81. The van der Waals surface area contributed by atoms with Crippen LogP contribution in [0, 0.1) is 11.8 Å². The number of thioether (sulfide) groups is 1. The molecule has 1 saturated heterocycles. The standard InChI is InChI=1S/C13H26N2S/c1-16-8-3-2-7-15-9-11-5-4-6-13(14)12(11)10-15/h11-13H,2-10,14H2,1H3. The number of unbranched alkanes of at least 4 members (excludes halogenated alkanes) is 1. The molecular weight excluding hydrogens is 216 g/mol. The van der Waals surface area contributed by atoms with Crippen molar-refractivity contribution >= 4 is 11.8 Å². The van der Waals surface area contributed by atoms with Crippen molar-refractivity contribution in [1.82, 2.24) is 4.90 Å². The highest BCUT2D eigenvalue weighted by molar-refractivity contribution is 7.98. The van der Waals surface area contributed by atoms with Gasteiger partial charge in [0.15, 0.2) is 0 Å². The highest BCUT2D eigenvalue weighted by Gasteiger charge is 2.38. The predicted molar refractivity (Wildman–Crippen MR) is 72.9 cm³/mol.